The molecule has 206 valence electrons. The van der Waals surface area contributed by atoms with Gasteiger partial charge in [-0.3, -0.25) is 9.59 Å². The van der Waals surface area contributed by atoms with Crippen molar-refractivity contribution < 1.29 is 23.9 Å². The molecule has 0 unspecified atom stereocenters. The van der Waals surface area contributed by atoms with Gasteiger partial charge in [-0.15, -0.1) is 0 Å². The van der Waals surface area contributed by atoms with E-state index in [4.69, 9.17) is 15.2 Å². The van der Waals surface area contributed by atoms with E-state index in [1.807, 2.05) is 62.4 Å². The number of nitrogens with one attached hydrogen (secondary N) is 1. The predicted octanol–water partition coefficient (Wildman–Crippen LogP) is 5.31. The molecule has 0 aliphatic carbocycles. The third-order valence-electron chi connectivity index (χ3n) is 7.20. The van der Waals surface area contributed by atoms with Crippen molar-refractivity contribution in [2.75, 3.05) is 18.0 Å². The van der Waals surface area contributed by atoms with Crippen molar-refractivity contribution in [3.8, 4) is 0 Å². The molecule has 1 aromatic heterocycles. The number of aromatic amines is 1. The molecule has 4 aromatic rings. The van der Waals surface area contributed by atoms with Crippen molar-refractivity contribution in [3.63, 3.8) is 0 Å². The van der Waals surface area contributed by atoms with Crippen molar-refractivity contribution in [3.05, 3.63) is 100 Å². The number of benzene rings is 3. The maximum absolute atomic E-state index is 13.5. The molecule has 1 saturated heterocycles. The molecule has 3 aromatic carbocycles. The number of ether oxygens (including phenoxy) is 2. The molecular weight excluding hydrogens is 574 g/mol. The summed E-state index contributed by atoms with van der Waals surface area (Å²) in [6.07, 6.45) is 0.775. The van der Waals surface area contributed by atoms with Gasteiger partial charge in [0.05, 0.1) is 11.5 Å². The SMILES string of the molecule is CC1(C)CN(c2ccc(C(=O)OCc3ccccc3)cc2)C(=O)[C@@H]1OC(=O)[C@H](CN)c1c[nH]c2ccc(Br)cc12. The number of aromatic nitrogens is 1. The number of H-pyrrole nitrogens is 1. The number of rotatable bonds is 8. The molecule has 9 heteroatoms. The molecule has 0 radical (unpaired) electrons. The van der Waals surface area contributed by atoms with Gasteiger partial charge in [-0.1, -0.05) is 60.1 Å². The van der Waals surface area contributed by atoms with Crippen molar-refractivity contribution >= 4 is 50.4 Å². The average Bonchev–Trinajstić information content (AvgIpc) is 3.46. The summed E-state index contributed by atoms with van der Waals surface area (Å²) in [6, 6.07) is 21.8. The number of halogens is 1. The van der Waals surface area contributed by atoms with E-state index in [0.29, 0.717) is 17.8 Å². The second kappa shape index (κ2) is 11.3. The maximum Gasteiger partial charge on any atom is 0.338 e. The summed E-state index contributed by atoms with van der Waals surface area (Å²) in [5.41, 5.74) is 8.85. The van der Waals surface area contributed by atoms with Crippen LogP contribution in [-0.2, 0) is 25.7 Å². The Morgan fingerprint density at radius 3 is 2.52 bits per heavy atom. The van der Waals surface area contributed by atoms with E-state index in [2.05, 4.69) is 20.9 Å². The van der Waals surface area contributed by atoms with Gasteiger partial charge in [-0.05, 0) is 53.6 Å². The molecule has 2 heterocycles. The maximum atomic E-state index is 13.5. The standard InChI is InChI=1S/C31H30BrN3O5/c1-31(2)18-35(22-11-8-20(9-12-22)29(37)39-17-19-6-4-3-5-7-19)28(36)27(31)40-30(38)24(15-33)25-16-34-26-13-10-21(32)14-23(25)26/h3-14,16,24,27,34H,15,17-18,33H2,1-2H3/t24-,27+/m1/s1. The molecule has 8 nitrogen and oxygen atoms in total. The van der Waals surface area contributed by atoms with Gasteiger partial charge in [-0.2, -0.15) is 0 Å². The van der Waals surface area contributed by atoms with Gasteiger partial charge >= 0.3 is 11.9 Å². The summed E-state index contributed by atoms with van der Waals surface area (Å²) in [4.78, 5) is 44.1. The highest BCUT2D eigenvalue weighted by Crippen LogP contribution is 2.38. The molecule has 1 fully saturated rings. The van der Waals surface area contributed by atoms with Crippen molar-refractivity contribution in [2.45, 2.75) is 32.5 Å². The molecule has 1 amide bonds. The van der Waals surface area contributed by atoms with Crippen molar-refractivity contribution in [1.82, 2.24) is 4.98 Å². The van der Waals surface area contributed by atoms with E-state index >= 15 is 0 Å². The highest BCUT2D eigenvalue weighted by molar-refractivity contribution is 9.10. The second-order valence-electron chi connectivity index (χ2n) is 10.6. The average molecular weight is 605 g/mol. The normalized spacial score (nSPS) is 17.1. The van der Waals surface area contributed by atoms with Crippen molar-refractivity contribution in [1.29, 1.82) is 0 Å². The van der Waals surface area contributed by atoms with Crippen LogP contribution in [0.3, 0.4) is 0 Å². The van der Waals surface area contributed by atoms with Crippen LogP contribution in [0.4, 0.5) is 5.69 Å². The van der Waals surface area contributed by atoms with Crippen LogP contribution >= 0.6 is 15.9 Å². The van der Waals surface area contributed by atoms with E-state index in [1.54, 1.807) is 35.4 Å². The summed E-state index contributed by atoms with van der Waals surface area (Å²) >= 11 is 3.47. The molecule has 40 heavy (non-hydrogen) atoms. The lowest BCUT2D eigenvalue weighted by Crippen LogP contribution is -2.38. The Morgan fingerprint density at radius 1 is 1.10 bits per heavy atom. The number of anilines is 1. The smallest absolute Gasteiger partial charge is 0.338 e. The second-order valence-corrected chi connectivity index (χ2v) is 11.5. The summed E-state index contributed by atoms with van der Waals surface area (Å²) in [6.45, 7) is 4.32. The summed E-state index contributed by atoms with van der Waals surface area (Å²) < 4.78 is 12.2. The first-order valence-corrected chi connectivity index (χ1v) is 13.8. The molecule has 1 aliphatic heterocycles. The van der Waals surface area contributed by atoms with Crippen LogP contribution in [0.5, 0.6) is 0 Å². The quantitative estimate of drug-likeness (QED) is 0.264. The van der Waals surface area contributed by atoms with Crippen LogP contribution < -0.4 is 10.6 Å². The number of carbonyl (C=O) groups is 3. The Balaban J connectivity index is 1.28. The number of hydrogen-bond acceptors (Lipinski definition) is 6. The monoisotopic (exact) mass is 603 g/mol. The lowest BCUT2D eigenvalue weighted by Gasteiger charge is -2.25. The predicted molar refractivity (Wildman–Crippen MR) is 156 cm³/mol. The number of nitrogens with zero attached hydrogens (tertiary/aromatic N) is 1. The first-order chi connectivity index (χ1) is 19.2. The van der Waals surface area contributed by atoms with E-state index in [-0.39, 0.29) is 19.1 Å². The highest BCUT2D eigenvalue weighted by Gasteiger charge is 2.50. The Bertz CT molecular complexity index is 1550. The van der Waals surface area contributed by atoms with Crippen LogP contribution in [-0.4, -0.2) is 42.0 Å². The van der Waals surface area contributed by atoms with Gasteiger partial charge in [-0.25, -0.2) is 4.79 Å². The Kier molecular flexibility index (Phi) is 7.78. The first kappa shape index (κ1) is 27.6. The van der Waals surface area contributed by atoms with Crippen LogP contribution in [0, 0.1) is 5.41 Å². The lowest BCUT2D eigenvalue weighted by atomic mass is 9.89. The van der Waals surface area contributed by atoms with E-state index in [1.165, 1.54) is 0 Å². The third-order valence-corrected chi connectivity index (χ3v) is 7.69. The zero-order valence-corrected chi connectivity index (χ0v) is 23.8. The van der Waals surface area contributed by atoms with Gasteiger partial charge < -0.3 is 25.1 Å². The molecule has 3 N–H and O–H groups in total. The summed E-state index contributed by atoms with van der Waals surface area (Å²) in [7, 11) is 0. The topological polar surface area (TPSA) is 115 Å². The molecule has 2 atom stereocenters. The van der Waals surface area contributed by atoms with Gasteiger partial charge in [0.1, 0.15) is 6.61 Å². The minimum atomic E-state index is -0.985. The molecule has 0 bridgehead atoms. The fourth-order valence-electron chi connectivity index (χ4n) is 5.01. The van der Waals surface area contributed by atoms with Crippen LogP contribution in [0.15, 0.2) is 83.5 Å². The third kappa shape index (κ3) is 5.52. The molecule has 0 saturated carbocycles. The number of fused-ring (bicyclic) bond motifs is 1. The Morgan fingerprint density at radius 2 is 1.82 bits per heavy atom. The number of carbonyl (C=O) groups excluding carboxylic acids is 3. The molecular formula is C31H30BrN3O5. The van der Waals surface area contributed by atoms with Crippen LogP contribution in [0.1, 0.15) is 41.3 Å². The van der Waals surface area contributed by atoms with Gasteiger partial charge in [0, 0.05) is 45.8 Å². The molecule has 1 aliphatic rings. The minimum Gasteiger partial charge on any atom is -0.457 e. The van der Waals surface area contributed by atoms with Gasteiger partial charge in [0.2, 0.25) is 0 Å². The lowest BCUT2D eigenvalue weighted by molar-refractivity contribution is -0.159. The zero-order chi connectivity index (χ0) is 28.4. The van der Waals surface area contributed by atoms with E-state index in [9.17, 15) is 14.4 Å². The van der Waals surface area contributed by atoms with Crippen LogP contribution in [0.25, 0.3) is 10.9 Å². The van der Waals surface area contributed by atoms with Gasteiger partial charge in [0.25, 0.3) is 5.91 Å². The highest BCUT2D eigenvalue weighted by atomic mass is 79.9. The number of nitrogens with two attached hydrogens (primary N) is 1. The van der Waals surface area contributed by atoms with E-state index < -0.39 is 29.4 Å². The number of esters is 2. The van der Waals surface area contributed by atoms with Gasteiger partial charge in [0.15, 0.2) is 6.10 Å². The first-order valence-electron chi connectivity index (χ1n) is 13.0. The largest absolute Gasteiger partial charge is 0.457 e. The van der Waals surface area contributed by atoms with E-state index in [0.717, 1.165) is 26.5 Å². The zero-order valence-electron chi connectivity index (χ0n) is 22.2. The Labute approximate surface area is 240 Å². The fourth-order valence-corrected chi connectivity index (χ4v) is 5.37. The molecule has 0 spiro atoms. The Hall–Kier alpha value is -3.95. The molecule has 5 rings (SSSR count). The summed E-state index contributed by atoms with van der Waals surface area (Å²) in [5, 5.41) is 0.864. The fraction of sp³-hybridized carbons (Fsp3) is 0.258. The number of amides is 1. The number of hydrogen-bond donors (Lipinski definition) is 2. The summed E-state index contributed by atoms with van der Waals surface area (Å²) in [5.74, 6) is -2.06. The van der Waals surface area contributed by atoms with Crippen molar-refractivity contribution in [2.24, 2.45) is 11.1 Å². The van der Waals surface area contributed by atoms with Crippen LogP contribution in [0.2, 0.25) is 0 Å². The minimum absolute atomic E-state index is 0.0329.